The average molecular weight is 405 g/mol. The highest BCUT2D eigenvalue weighted by Crippen LogP contribution is 2.30. The van der Waals surface area contributed by atoms with Crippen molar-refractivity contribution in [3.63, 3.8) is 0 Å². The number of hydrogen-bond acceptors (Lipinski definition) is 4. The molecule has 0 spiro atoms. The van der Waals surface area contributed by atoms with Crippen LogP contribution in [0.25, 0.3) is 0 Å². The number of piperazine rings is 1. The molecule has 1 N–H and O–H groups in total. The summed E-state index contributed by atoms with van der Waals surface area (Å²) >= 11 is 3.14. The highest BCUT2D eigenvalue weighted by Gasteiger charge is 2.24. The molecule has 1 atom stereocenters. The third kappa shape index (κ3) is 5.03. The highest BCUT2D eigenvalue weighted by atomic mass is 79.9. The normalized spacial score (nSPS) is 16.5. The standard InChI is InChI=1S/C12H15BrFN3O2.2ClH/c13-10-2-1-9(7-11(10)17(18)19)12(8-14)16-5-3-15-4-6-16;;/h1-2,7,12,15H,3-6,8H2;2*1H/t12-;;/m0../s1. The monoisotopic (exact) mass is 403 g/mol. The minimum absolute atomic E-state index is 0. The van der Waals surface area contributed by atoms with Gasteiger partial charge in [0.15, 0.2) is 0 Å². The lowest BCUT2D eigenvalue weighted by atomic mass is 10.0. The Morgan fingerprint density at radius 2 is 2.00 bits per heavy atom. The molecule has 9 heteroatoms. The molecule has 120 valence electrons. The van der Waals surface area contributed by atoms with E-state index in [1.54, 1.807) is 12.1 Å². The maximum atomic E-state index is 13.3. The first-order valence-electron chi connectivity index (χ1n) is 6.08. The summed E-state index contributed by atoms with van der Waals surface area (Å²) < 4.78 is 13.7. The van der Waals surface area contributed by atoms with Gasteiger partial charge in [-0.05, 0) is 27.6 Å². The SMILES string of the molecule is Cl.Cl.O=[N+]([O-])c1cc([C@H](CF)N2CCNCC2)ccc1Br. The molecular formula is C12H17BrCl2FN3O2. The Morgan fingerprint density at radius 1 is 1.38 bits per heavy atom. The van der Waals surface area contributed by atoms with Crippen LogP contribution in [0.2, 0.25) is 0 Å². The maximum Gasteiger partial charge on any atom is 0.283 e. The second-order valence-corrected chi connectivity index (χ2v) is 5.28. The van der Waals surface area contributed by atoms with E-state index in [-0.39, 0.29) is 30.5 Å². The van der Waals surface area contributed by atoms with Crippen LogP contribution in [0.5, 0.6) is 0 Å². The molecule has 5 nitrogen and oxygen atoms in total. The zero-order valence-electron chi connectivity index (χ0n) is 11.1. The van der Waals surface area contributed by atoms with Gasteiger partial charge in [0.2, 0.25) is 0 Å². The van der Waals surface area contributed by atoms with Gasteiger partial charge in [-0.25, -0.2) is 4.39 Å². The van der Waals surface area contributed by atoms with Crippen molar-refractivity contribution in [1.82, 2.24) is 10.2 Å². The Bertz CT molecular complexity index is 476. The minimum Gasteiger partial charge on any atom is -0.314 e. The van der Waals surface area contributed by atoms with Crippen molar-refractivity contribution in [3.05, 3.63) is 38.3 Å². The fourth-order valence-corrected chi connectivity index (χ4v) is 2.66. The molecular weight excluding hydrogens is 388 g/mol. The van der Waals surface area contributed by atoms with E-state index >= 15 is 0 Å². The Morgan fingerprint density at radius 3 is 2.52 bits per heavy atom. The van der Waals surface area contributed by atoms with Gasteiger partial charge in [-0.15, -0.1) is 24.8 Å². The molecule has 1 saturated heterocycles. The van der Waals surface area contributed by atoms with Gasteiger partial charge in [0.05, 0.1) is 15.4 Å². The van der Waals surface area contributed by atoms with Crippen LogP contribution in [0.3, 0.4) is 0 Å². The lowest BCUT2D eigenvalue weighted by molar-refractivity contribution is -0.385. The van der Waals surface area contributed by atoms with Crippen LogP contribution in [0.1, 0.15) is 11.6 Å². The van der Waals surface area contributed by atoms with Crippen LogP contribution < -0.4 is 5.32 Å². The van der Waals surface area contributed by atoms with Crippen LogP contribution in [0.4, 0.5) is 10.1 Å². The first-order valence-corrected chi connectivity index (χ1v) is 6.87. The Hall–Kier alpha value is -0.470. The molecule has 0 radical (unpaired) electrons. The van der Waals surface area contributed by atoms with Gasteiger partial charge in [-0.1, -0.05) is 6.07 Å². The summed E-state index contributed by atoms with van der Waals surface area (Å²) in [7, 11) is 0. The predicted octanol–water partition coefficient (Wildman–Crippen LogP) is 3.12. The van der Waals surface area contributed by atoms with Gasteiger partial charge in [-0.3, -0.25) is 15.0 Å². The lowest BCUT2D eigenvalue weighted by Gasteiger charge is -2.33. The molecule has 1 aliphatic rings. The van der Waals surface area contributed by atoms with Crippen molar-refractivity contribution in [3.8, 4) is 0 Å². The van der Waals surface area contributed by atoms with Crippen molar-refractivity contribution in [1.29, 1.82) is 0 Å². The number of rotatable bonds is 4. The highest BCUT2D eigenvalue weighted by molar-refractivity contribution is 9.10. The largest absolute Gasteiger partial charge is 0.314 e. The quantitative estimate of drug-likeness (QED) is 0.618. The summed E-state index contributed by atoms with van der Waals surface area (Å²) in [6, 6.07) is 4.40. The topological polar surface area (TPSA) is 58.4 Å². The van der Waals surface area contributed by atoms with E-state index < -0.39 is 17.6 Å². The van der Waals surface area contributed by atoms with Crippen LogP contribution in [-0.4, -0.2) is 42.7 Å². The molecule has 0 bridgehead atoms. The van der Waals surface area contributed by atoms with Gasteiger partial charge in [0, 0.05) is 32.2 Å². The van der Waals surface area contributed by atoms with Gasteiger partial charge in [0.1, 0.15) is 6.67 Å². The fraction of sp³-hybridized carbons (Fsp3) is 0.500. The molecule has 1 fully saturated rings. The number of nitrogens with one attached hydrogen (secondary N) is 1. The van der Waals surface area contributed by atoms with Gasteiger partial charge in [0.25, 0.3) is 5.69 Å². The number of alkyl halides is 1. The van der Waals surface area contributed by atoms with Crippen LogP contribution in [-0.2, 0) is 0 Å². The molecule has 0 saturated carbocycles. The summed E-state index contributed by atoms with van der Waals surface area (Å²) in [5, 5.41) is 14.1. The summed E-state index contributed by atoms with van der Waals surface area (Å²) in [4.78, 5) is 12.5. The fourth-order valence-electron chi connectivity index (χ4n) is 2.27. The van der Waals surface area contributed by atoms with Crippen molar-refractivity contribution in [2.24, 2.45) is 0 Å². The van der Waals surface area contributed by atoms with Crippen molar-refractivity contribution in [2.75, 3.05) is 32.9 Å². The predicted molar refractivity (Wildman–Crippen MR) is 88.5 cm³/mol. The van der Waals surface area contributed by atoms with E-state index in [0.29, 0.717) is 10.0 Å². The van der Waals surface area contributed by atoms with E-state index in [2.05, 4.69) is 21.2 Å². The molecule has 0 aromatic heterocycles. The minimum atomic E-state index is -0.543. The van der Waals surface area contributed by atoms with E-state index in [1.165, 1.54) is 6.07 Å². The van der Waals surface area contributed by atoms with E-state index in [9.17, 15) is 14.5 Å². The smallest absolute Gasteiger partial charge is 0.283 e. The number of nitro benzene ring substituents is 1. The van der Waals surface area contributed by atoms with Gasteiger partial charge in [-0.2, -0.15) is 0 Å². The summed E-state index contributed by atoms with van der Waals surface area (Å²) in [5.74, 6) is 0. The first kappa shape index (κ1) is 20.5. The lowest BCUT2D eigenvalue weighted by Crippen LogP contribution is -2.45. The van der Waals surface area contributed by atoms with E-state index in [4.69, 9.17) is 0 Å². The summed E-state index contributed by atoms with van der Waals surface area (Å²) in [5.41, 5.74) is 0.630. The zero-order valence-corrected chi connectivity index (χ0v) is 14.3. The third-order valence-corrected chi connectivity index (χ3v) is 3.96. The molecule has 2 rings (SSSR count). The second kappa shape index (κ2) is 9.53. The van der Waals surface area contributed by atoms with Crippen molar-refractivity contribution >= 4 is 46.4 Å². The zero-order chi connectivity index (χ0) is 13.8. The summed E-state index contributed by atoms with van der Waals surface area (Å²) in [6.07, 6.45) is 0. The number of nitro groups is 1. The van der Waals surface area contributed by atoms with Crippen molar-refractivity contribution < 1.29 is 9.31 Å². The van der Waals surface area contributed by atoms with Crippen LogP contribution in [0, 0.1) is 10.1 Å². The number of benzene rings is 1. The van der Waals surface area contributed by atoms with E-state index in [0.717, 1.165) is 26.2 Å². The molecule has 0 unspecified atom stereocenters. The molecule has 1 heterocycles. The van der Waals surface area contributed by atoms with Crippen molar-refractivity contribution in [2.45, 2.75) is 6.04 Å². The first-order chi connectivity index (χ1) is 9.13. The number of halogens is 4. The molecule has 1 aromatic carbocycles. The van der Waals surface area contributed by atoms with E-state index in [1.807, 2.05) is 4.90 Å². The van der Waals surface area contributed by atoms with Gasteiger partial charge < -0.3 is 5.32 Å². The molecule has 1 aromatic rings. The molecule has 0 amide bonds. The number of hydrogen-bond donors (Lipinski definition) is 1. The average Bonchev–Trinajstić information content (AvgIpc) is 2.42. The Kier molecular flexibility index (Phi) is 9.31. The Labute approximate surface area is 143 Å². The Balaban J connectivity index is 0.00000200. The van der Waals surface area contributed by atoms with Gasteiger partial charge >= 0.3 is 0 Å². The number of nitrogens with zero attached hydrogens (tertiary/aromatic N) is 2. The second-order valence-electron chi connectivity index (χ2n) is 4.42. The van der Waals surface area contributed by atoms with Crippen LogP contribution in [0.15, 0.2) is 22.7 Å². The molecule has 1 aliphatic heterocycles. The molecule has 0 aliphatic carbocycles. The third-order valence-electron chi connectivity index (χ3n) is 3.29. The van der Waals surface area contributed by atoms with Crippen LogP contribution >= 0.6 is 40.7 Å². The summed E-state index contributed by atoms with van der Waals surface area (Å²) in [6.45, 7) is 2.58. The molecule has 21 heavy (non-hydrogen) atoms. The maximum absolute atomic E-state index is 13.3.